The smallest absolute Gasteiger partial charge is 0.271 e. The molecule has 2 N–H and O–H groups in total. The van der Waals surface area contributed by atoms with E-state index in [1.54, 1.807) is 4.68 Å². The van der Waals surface area contributed by atoms with Crippen LogP contribution in [0.3, 0.4) is 0 Å². The molecule has 0 radical (unpaired) electrons. The third-order valence-corrected chi connectivity index (χ3v) is 4.34. The molecule has 0 unspecified atom stereocenters. The van der Waals surface area contributed by atoms with Gasteiger partial charge in [0.15, 0.2) is 0 Å². The zero-order valence-corrected chi connectivity index (χ0v) is 12.8. The van der Waals surface area contributed by atoms with Crippen molar-refractivity contribution in [2.45, 2.75) is 25.9 Å². The summed E-state index contributed by atoms with van der Waals surface area (Å²) >= 11 is 12.1. The lowest BCUT2D eigenvalue weighted by Gasteiger charge is -2.17. The number of aromatic nitrogens is 2. The van der Waals surface area contributed by atoms with Gasteiger partial charge in [0.2, 0.25) is 0 Å². The predicted molar refractivity (Wildman–Crippen MR) is 80.7 cm³/mol. The van der Waals surface area contributed by atoms with Crippen molar-refractivity contribution in [3.63, 3.8) is 0 Å². The van der Waals surface area contributed by atoms with Gasteiger partial charge in [-0.25, -0.2) is 19.8 Å². The van der Waals surface area contributed by atoms with Crippen molar-refractivity contribution in [3.05, 3.63) is 38.5 Å². The molecule has 9 heteroatoms. The van der Waals surface area contributed by atoms with E-state index in [4.69, 9.17) is 28.5 Å². The highest BCUT2D eigenvalue weighted by molar-refractivity contribution is 6.34. The second kappa shape index (κ2) is 5.92. The molecule has 2 heterocycles. The van der Waals surface area contributed by atoms with Crippen molar-refractivity contribution in [2.75, 3.05) is 5.48 Å². The van der Waals surface area contributed by atoms with E-state index in [-0.39, 0.29) is 32.5 Å². The SMILES string of the molecule is O=c1c(-c2cc(NOO)c(Cl)cc2F)c(Cl)n2n1CCCC2. The summed E-state index contributed by atoms with van der Waals surface area (Å²) in [4.78, 5) is 16.3. The van der Waals surface area contributed by atoms with Gasteiger partial charge in [0.05, 0.1) is 16.3 Å². The molecule has 0 spiro atoms. The largest absolute Gasteiger partial charge is 0.276 e. The molecule has 118 valence electrons. The first-order chi connectivity index (χ1) is 10.5. The number of rotatable bonds is 3. The lowest BCUT2D eigenvalue weighted by atomic mass is 10.1. The van der Waals surface area contributed by atoms with Crippen molar-refractivity contribution >= 4 is 28.9 Å². The number of nitrogens with one attached hydrogen (secondary N) is 1. The van der Waals surface area contributed by atoms with Crippen LogP contribution in [0.25, 0.3) is 11.1 Å². The molecular formula is C13H12Cl2FN3O3. The molecular weight excluding hydrogens is 336 g/mol. The molecule has 1 aliphatic heterocycles. The Morgan fingerprint density at radius 2 is 1.91 bits per heavy atom. The van der Waals surface area contributed by atoms with Crippen molar-refractivity contribution in [1.29, 1.82) is 0 Å². The van der Waals surface area contributed by atoms with Gasteiger partial charge in [-0.2, -0.15) is 0 Å². The summed E-state index contributed by atoms with van der Waals surface area (Å²) in [6, 6.07) is 2.29. The van der Waals surface area contributed by atoms with Gasteiger partial charge in [0.1, 0.15) is 11.0 Å². The van der Waals surface area contributed by atoms with Gasteiger partial charge in [0, 0.05) is 18.7 Å². The Balaban J connectivity index is 2.22. The average molecular weight is 348 g/mol. The molecule has 1 aromatic heterocycles. The number of benzene rings is 1. The first-order valence-electron chi connectivity index (χ1n) is 6.59. The maximum absolute atomic E-state index is 14.2. The number of fused-ring (bicyclic) bond motifs is 1. The summed E-state index contributed by atoms with van der Waals surface area (Å²) in [6.07, 6.45) is 1.77. The van der Waals surface area contributed by atoms with Gasteiger partial charge in [0.25, 0.3) is 5.56 Å². The van der Waals surface area contributed by atoms with Crippen LogP contribution in [0.2, 0.25) is 10.2 Å². The molecule has 0 bridgehead atoms. The molecule has 0 fully saturated rings. The number of halogens is 3. The summed E-state index contributed by atoms with van der Waals surface area (Å²) in [5.41, 5.74) is 1.93. The van der Waals surface area contributed by atoms with E-state index >= 15 is 0 Å². The quantitative estimate of drug-likeness (QED) is 0.659. The van der Waals surface area contributed by atoms with E-state index in [0.29, 0.717) is 13.1 Å². The first-order valence-corrected chi connectivity index (χ1v) is 7.35. The second-order valence-electron chi connectivity index (χ2n) is 4.93. The van der Waals surface area contributed by atoms with Gasteiger partial charge >= 0.3 is 0 Å². The fourth-order valence-corrected chi connectivity index (χ4v) is 3.17. The van der Waals surface area contributed by atoms with E-state index in [1.807, 2.05) is 0 Å². The van der Waals surface area contributed by atoms with Gasteiger partial charge in [-0.15, -0.1) is 4.99 Å². The minimum atomic E-state index is -0.684. The predicted octanol–water partition coefficient (Wildman–Crippen LogP) is 3.37. The molecule has 2 aromatic rings. The Kier molecular flexibility index (Phi) is 4.14. The lowest BCUT2D eigenvalue weighted by molar-refractivity contribution is -0.215. The molecule has 0 atom stereocenters. The highest BCUT2D eigenvalue weighted by atomic mass is 35.5. The minimum absolute atomic E-state index is 0.00417. The number of hydrogen-bond acceptors (Lipinski definition) is 4. The zero-order chi connectivity index (χ0) is 15.9. The molecule has 1 aliphatic rings. The monoisotopic (exact) mass is 347 g/mol. The molecule has 0 amide bonds. The van der Waals surface area contributed by atoms with Crippen LogP contribution in [-0.4, -0.2) is 14.6 Å². The topological polar surface area (TPSA) is 68.4 Å². The Bertz CT molecular complexity index is 788. The fraction of sp³-hybridized carbons (Fsp3) is 0.308. The standard InChI is InChI=1S/C13H12Cl2FN3O3/c14-8-6-9(16)7(5-10(8)17-22-21)11-12(15)18-3-1-2-4-19(18)13(11)20/h5-6,17,21H,1-4H2. The van der Waals surface area contributed by atoms with Crippen molar-refractivity contribution in [2.24, 2.45) is 0 Å². The van der Waals surface area contributed by atoms with Crippen LogP contribution in [0.5, 0.6) is 0 Å². The highest BCUT2D eigenvalue weighted by Gasteiger charge is 2.24. The van der Waals surface area contributed by atoms with Crippen LogP contribution in [0, 0.1) is 5.82 Å². The molecule has 0 saturated heterocycles. The van der Waals surface area contributed by atoms with E-state index in [9.17, 15) is 9.18 Å². The summed E-state index contributed by atoms with van der Waals surface area (Å²) in [7, 11) is 0. The van der Waals surface area contributed by atoms with E-state index in [0.717, 1.165) is 18.9 Å². The third kappa shape index (κ3) is 2.40. The average Bonchev–Trinajstić information content (AvgIpc) is 2.75. The number of hydrogen-bond donors (Lipinski definition) is 2. The highest BCUT2D eigenvalue weighted by Crippen LogP contribution is 2.34. The fourth-order valence-electron chi connectivity index (χ4n) is 2.62. The Morgan fingerprint density at radius 1 is 1.23 bits per heavy atom. The molecule has 3 rings (SSSR count). The van der Waals surface area contributed by atoms with Crippen LogP contribution in [0.15, 0.2) is 16.9 Å². The maximum atomic E-state index is 14.2. The summed E-state index contributed by atoms with van der Waals surface area (Å²) in [5, 5.41) is 8.64. The van der Waals surface area contributed by atoms with Crippen molar-refractivity contribution in [1.82, 2.24) is 9.36 Å². The zero-order valence-electron chi connectivity index (χ0n) is 11.3. The Labute approximate surface area is 134 Å². The molecule has 1 aromatic carbocycles. The molecule has 22 heavy (non-hydrogen) atoms. The van der Waals surface area contributed by atoms with Gasteiger partial charge < -0.3 is 0 Å². The van der Waals surface area contributed by atoms with E-state index in [2.05, 4.69) is 10.5 Å². The van der Waals surface area contributed by atoms with Crippen molar-refractivity contribution in [3.8, 4) is 11.1 Å². The minimum Gasteiger partial charge on any atom is -0.271 e. The van der Waals surface area contributed by atoms with Crippen LogP contribution >= 0.6 is 23.2 Å². The maximum Gasteiger partial charge on any atom is 0.276 e. The second-order valence-corrected chi connectivity index (χ2v) is 5.69. The van der Waals surface area contributed by atoms with Crippen LogP contribution in [0.4, 0.5) is 10.1 Å². The van der Waals surface area contributed by atoms with E-state index < -0.39 is 5.82 Å². The van der Waals surface area contributed by atoms with Gasteiger partial charge in [-0.05, 0) is 25.0 Å². The molecule has 0 aliphatic carbocycles. The summed E-state index contributed by atoms with van der Waals surface area (Å²) in [5.74, 6) is -0.684. The van der Waals surface area contributed by atoms with Crippen LogP contribution in [0.1, 0.15) is 12.8 Å². The van der Waals surface area contributed by atoms with Gasteiger partial charge in [-0.3, -0.25) is 9.48 Å². The summed E-state index contributed by atoms with van der Waals surface area (Å²) < 4.78 is 17.4. The first kappa shape index (κ1) is 15.4. The summed E-state index contributed by atoms with van der Waals surface area (Å²) in [6.45, 7) is 1.15. The van der Waals surface area contributed by atoms with Gasteiger partial charge in [-0.1, -0.05) is 23.2 Å². The van der Waals surface area contributed by atoms with E-state index in [1.165, 1.54) is 10.7 Å². The Hall–Kier alpha value is -1.54. The van der Waals surface area contributed by atoms with Crippen LogP contribution in [-0.2, 0) is 18.1 Å². The third-order valence-electron chi connectivity index (χ3n) is 3.64. The number of anilines is 1. The number of nitrogens with zero attached hydrogens (tertiary/aromatic N) is 2. The van der Waals surface area contributed by atoms with Crippen LogP contribution < -0.4 is 11.0 Å². The lowest BCUT2D eigenvalue weighted by Crippen LogP contribution is -2.27. The normalized spacial score (nSPS) is 14.0. The van der Waals surface area contributed by atoms with Crippen molar-refractivity contribution < 1.29 is 14.6 Å². The molecule has 0 saturated carbocycles. The molecule has 6 nitrogen and oxygen atoms in total. The Morgan fingerprint density at radius 3 is 2.55 bits per heavy atom.